The molecule has 4 heteroatoms. The molecule has 0 aliphatic carbocycles. The van der Waals surface area contributed by atoms with E-state index in [1.54, 1.807) is 14.0 Å². The number of methoxy groups -OCH3 is 1. The zero-order valence-electron chi connectivity index (χ0n) is 11.0. The van der Waals surface area contributed by atoms with Gasteiger partial charge >= 0.3 is 5.97 Å². The number of hydrogen-bond acceptors (Lipinski definition) is 4. The third-order valence-electron chi connectivity index (χ3n) is 3.07. The van der Waals surface area contributed by atoms with E-state index in [-0.39, 0.29) is 12.5 Å². The maximum atomic E-state index is 12.2. The van der Waals surface area contributed by atoms with Crippen LogP contribution in [0.4, 0.5) is 0 Å². The van der Waals surface area contributed by atoms with Gasteiger partial charge in [-0.3, -0.25) is 4.79 Å². The summed E-state index contributed by atoms with van der Waals surface area (Å²) < 4.78 is 10.3. The highest BCUT2D eigenvalue weighted by Crippen LogP contribution is 2.28. The van der Waals surface area contributed by atoms with Crippen molar-refractivity contribution in [1.29, 1.82) is 0 Å². The number of esters is 1. The number of carbonyl (C=O) groups excluding carboxylic acids is 1. The van der Waals surface area contributed by atoms with Crippen LogP contribution in [0.5, 0.6) is 0 Å². The van der Waals surface area contributed by atoms with Crippen molar-refractivity contribution in [2.45, 2.75) is 18.8 Å². The fraction of sp³-hybridized carbons (Fsp3) is 0.500. The van der Waals surface area contributed by atoms with Crippen molar-refractivity contribution in [2.75, 3.05) is 26.9 Å². The standard InChI is InChI=1S/C14H21NO3/c1-3-18-13(16)14(11-15,9-10-17-2)12-7-5-4-6-8-12/h4-8H,3,9-11,15H2,1-2H3. The molecule has 0 heterocycles. The second-order valence-electron chi connectivity index (χ2n) is 4.12. The molecule has 0 aliphatic rings. The van der Waals surface area contributed by atoms with Crippen LogP contribution >= 0.6 is 0 Å². The highest BCUT2D eigenvalue weighted by atomic mass is 16.5. The summed E-state index contributed by atoms with van der Waals surface area (Å²) in [6.45, 7) is 2.81. The first-order valence-corrected chi connectivity index (χ1v) is 6.13. The molecule has 0 radical (unpaired) electrons. The number of hydrogen-bond donors (Lipinski definition) is 1. The van der Waals surface area contributed by atoms with Gasteiger partial charge in [0.05, 0.1) is 6.61 Å². The van der Waals surface area contributed by atoms with E-state index in [1.165, 1.54) is 0 Å². The minimum atomic E-state index is -0.812. The largest absolute Gasteiger partial charge is 0.465 e. The molecule has 0 amide bonds. The Balaban J connectivity index is 3.09. The third-order valence-corrected chi connectivity index (χ3v) is 3.07. The molecule has 18 heavy (non-hydrogen) atoms. The summed E-state index contributed by atoms with van der Waals surface area (Å²) in [6.07, 6.45) is 0.517. The number of carbonyl (C=O) groups is 1. The van der Waals surface area contributed by atoms with Crippen LogP contribution in [0.3, 0.4) is 0 Å². The average molecular weight is 251 g/mol. The second kappa shape index (κ2) is 7.13. The molecule has 0 spiro atoms. The van der Waals surface area contributed by atoms with Gasteiger partial charge in [0.1, 0.15) is 5.41 Å². The summed E-state index contributed by atoms with van der Waals surface area (Å²) in [4.78, 5) is 12.2. The molecule has 4 nitrogen and oxygen atoms in total. The van der Waals surface area contributed by atoms with Crippen LogP contribution in [0.2, 0.25) is 0 Å². The van der Waals surface area contributed by atoms with Crippen LogP contribution in [0, 0.1) is 0 Å². The summed E-state index contributed by atoms with van der Waals surface area (Å²) in [7, 11) is 1.61. The monoisotopic (exact) mass is 251 g/mol. The third kappa shape index (κ3) is 3.09. The Morgan fingerprint density at radius 2 is 2.00 bits per heavy atom. The first-order valence-electron chi connectivity index (χ1n) is 6.13. The van der Waals surface area contributed by atoms with E-state index in [9.17, 15) is 4.79 Å². The van der Waals surface area contributed by atoms with Gasteiger partial charge in [-0.2, -0.15) is 0 Å². The van der Waals surface area contributed by atoms with Gasteiger partial charge in [0.25, 0.3) is 0 Å². The molecular weight excluding hydrogens is 230 g/mol. The van der Waals surface area contributed by atoms with Crippen LogP contribution in [-0.2, 0) is 19.7 Å². The normalized spacial score (nSPS) is 13.9. The van der Waals surface area contributed by atoms with Crippen molar-refractivity contribution in [2.24, 2.45) is 5.73 Å². The molecule has 1 aromatic carbocycles. The van der Waals surface area contributed by atoms with Gasteiger partial charge in [0, 0.05) is 20.3 Å². The first-order chi connectivity index (χ1) is 8.71. The van der Waals surface area contributed by atoms with Gasteiger partial charge in [0.15, 0.2) is 0 Å². The van der Waals surface area contributed by atoms with Crippen molar-refractivity contribution in [1.82, 2.24) is 0 Å². The van der Waals surface area contributed by atoms with Gasteiger partial charge in [-0.1, -0.05) is 30.3 Å². The zero-order valence-corrected chi connectivity index (χ0v) is 11.0. The average Bonchev–Trinajstić information content (AvgIpc) is 2.42. The van der Waals surface area contributed by atoms with E-state index < -0.39 is 5.41 Å². The summed E-state index contributed by atoms with van der Waals surface area (Å²) in [6, 6.07) is 9.50. The molecule has 1 rings (SSSR count). The van der Waals surface area contributed by atoms with E-state index >= 15 is 0 Å². The zero-order chi connectivity index (χ0) is 13.4. The minimum Gasteiger partial charge on any atom is -0.465 e. The maximum absolute atomic E-state index is 12.2. The van der Waals surface area contributed by atoms with E-state index in [2.05, 4.69) is 0 Å². The van der Waals surface area contributed by atoms with Crippen LogP contribution in [0.15, 0.2) is 30.3 Å². The summed E-state index contributed by atoms with van der Waals surface area (Å²) in [5.74, 6) is -0.282. The predicted octanol–water partition coefficient (Wildman–Crippen LogP) is 1.48. The second-order valence-corrected chi connectivity index (χ2v) is 4.12. The maximum Gasteiger partial charge on any atom is 0.317 e. The topological polar surface area (TPSA) is 61.5 Å². The number of benzene rings is 1. The van der Waals surface area contributed by atoms with Gasteiger partial charge in [0.2, 0.25) is 0 Å². The quantitative estimate of drug-likeness (QED) is 0.746. The molecule has 0 bridgehead atoms. The molecule has 1 atom stereocenters. The predicted molar refractivity (Wildman–Crippen MR) is 70.3 cm³/mol. The summed E-state index contributed by atoms with van der Waals surface area (Å²) >= 11 is 0. The van der Waals surface area contributed by atoms with Crippen molar-refractivity contribution >= 4 is 5.97 Å². The highest BCUT2D eigenvalue weighted by molar-refractivity contribution is 5.83. The molecular formula is C14H21NO3. The van der Waals surface area contributed by atoms with E-state index in [4.69, 9.17) is 15.2 Å². The van der Waals surface area contributed by atoms with Gasteiger partial charge in [-0.05, 0) is 18.9 Å². The molecule has 100 valence electrons. The molecule has 1 aromatic rings. The van der Waals surface area contributed by atoms with Crippen LogP contribution < -0.4 is 5.73 Å². The fourth-order valence-corrected chi connectivity index (χ4v) is 1.97. The van der Waals surface area contributed by atoms with Crippen LogP contribution in [-0.4, -0.2) is 32.8 Å². The lowest BCUT2D eigenvalue weighted by Gasteiger charge is -2.30. The van der Waals surface area contributed by atoms with Gasteiger partial charge in [-0.25, -0.2) is 0 Å². The van der Waals surface area contributed by atoms with Crippen molar-refractivity contribution < 1.29 is 14.3 Å². The highest BCUT2D eigenvalue weighted by Gasteiger charge is 2.40. The summed E-state index contributed by atoms with van der Waals surface area (Å²) in [5, 5.41) is 0. The first kappa shape index (κ1) is 14.7. The smallest absolute Gasteiger partial charge is 0.317 e. The summed E-state index contributed by atoms with van der Waals surface area (Å²) in [5.41, 5.74) is 5.92. The van der Waals surface area contributed by atoms with Crippen LogP contribution in [0.1, 0.15) is 18.9 Å². The molecule has 1 unspecified atom stereocenters. The lowest BCUT2D eigenvalue weighted by atomic mass is 9.77. The molecule has 2 N–H and O–H groups in total. The number of ether oxygens (including phenoxy) is 2. The minimum absolute atomic E-state index is 0.208. The Labute approximate surface area is 108 Å². The molecule has 0 aromatic heterocycles. The Morgan fingerprint density at radius 1 is 1.33 bits per heavy atom. The van der Waals surface area contributed by atoms with Crippen LogP contribution in [0.25, 0.3) is 0 Å². The van der Waals surface area contributed by atoms with E-state index in [1.807, 2.05) is 30.3 Å². The molecule has 0 fully saturated rings. The number of rotatable bonds is 7. The van der Waals surface area contributed by atoms with Crippen molar-refractivity contribution in [3.05, 3.63) is 35.9 Å². The molecule has 0 aliphatic heterocycles. The lowest BCUT2D eigenvalue weighted by molar-refractivity contribution is -0.150. The van der Waals surface area contributed by atoms with E-state index in [0.717, 1.165) is 5.56 Å². The Kier molecular flexibility index (Phi) is 5.82. The Bertz CT molecular complexity index is 367. The van der Waals surface area contributed by atoms with Gasteiger partial charge in [-0.15, -0.1) is 0 Å². The molecule has 0 saturated heterocycles. The Hall–Kier alpha value is -1.39. The van der Waals surface area contributed by atoms with E-state index in [0.29, 0.717) is 19.6 Å². The SMILES string of the molecule is CCOC(=O)C(CN)(CCOC)c1ccccc1. The van der Waals surface area contributed by atoms with Gasteiger partial charge < -0.3 is 15.2 Å². The Morgan fingerprint density at radius 3 is 2.50 bits per heavy atom. The molecule has 0 saturated carbocycles. The fourth-order valence-electron chi connectivity index (χ4n) is 1.97. The lowest BCUT2D eigenvalue weighted by Crippen LogP contribution is -2.45. The van der Waals surface area contributed by atoms with Crippen molar-refractivity contribution in [3.63, 3.8) is 0 Å². The van der Waals surface area contributed by atoms with Crippen molar-refractivity contribution in [3.8, 4) is 0 Å². The number of nitrogens with two attached hydrogens (primary N) is 1.